The Morgan fingerprint density at radius 2 is 2.22 bits per heavy atom. The Morgan fingerprint density at radius 1 is 1.50 bits per heavy atom. The summed E-state index contributed by atoms with van der Waals surface area (Å²) in [7, 11) is 0. The molecule has 98 valence electrons. The molecular formula is C12H15BrClN3O. The number of carbonyl (C=O) groups excluding carboxylic acids is 1. The Hall–Kier alpha value is -1.07. The normalized spacial score (nSPS) is 11.2. The van der Waals surface area contributed by atoms with Crippen LogP contribution in [0.5, 0.6) is 0 Å². The van der Waals surface area contributed by atoms with Gasteiger partial charge in [-0.05, 0) is 47.5 Å². The number of hydrogen-bond acceptors (Lipinski definition) is 3. The summed E-state index contributed by atoms with van der Waals surface area (Å²) in [4.78, 5) is 11.5. The Balaban J connectivity index is 2.47. The van der Waals surface area contributed by atoms with Crippen LogP contribution in [-0.2, 0) is 4.79 Å². The largest absolute Gasteiger partial charge is 0.375 e. The molecule has 6 heteroatoms. The second-order valence-electron chi connectivity index (χ2n) is 3.71. The molecule has 0 unspecified atom stereocenters. The van der Waals surface area contributed by atoms with Crippen LogP contribution >= 0.6 is 27.5 Å². The van der Waals surface area contributed by atoms with E-state index in [1.54, 1.807) is 18.2 Å². The number of hydrazone groups is 1. The lowest BCUT2D eigenvalue weighted by Crippen LogP contribution is -2.26. The summed E-state index contributed by atoms with van der Waals surface area (Å²) in [5.41, 5.74) is 4.18. The van der Waals surface area contributed by atoms with Crippen molar-refractivity contribution in [3.05, 3.63) is 27.7 Å². The van der Waals surface area contributed by atoms with Gasteiger partial charge in [-0.25, -0.2) is 5.43 Å². The summed E-state index contributed by atoms with van der Waals surface area (Å²) < 4.78 is 0.816. The van der Waals surface area contributed by atoms with E-state index >= 15 is 0 Å². The van der Waals surface area contributed by atoms with Crippen molar-refractivity contribution in [3.8, 4) is 0 Å². The number of hydrogen-bond donors (Lipinski definition) is 2. The molecule has 0 bridgehead atoms. The third kappa shape index (κ3) is 5.06. The SMILES string of the molecule is CC/C(C)=N/NC(=O)CNc1ccc(Cl)cc1Br. The van der Waals surface area contributed by atoms with Crippen molar-refractivity contribution in [2.24, 2.45) is 5.10 Å². The predicted molar refractivity (Wildman–Crippen MR) is 79.2 cm³/mol. The first-order valence-corrected chi connectivity index (χ1v) is 6.71. The molecule has 1 rings (SSSR count). The molecule has 2 N–H and O–H groups in total. The van der Waals surface area contributed by atoms with Gasteiger partial charge in [0.2, 0.25) is 0 Å². The minimum absolute atomic E-state index is 0.153. The number of benzene rings is 1. The Morgan fingerprint density at radius 3 is 2.83 bits per heavy atom. The van der Waals surface area contributed by atoms with Crippen LogP contribution in [0.25, 0.3) is 0 Å². The molecule has 0 saturated heterocycles. The molecule has 1 aromatic carbocycles. The van der Waals surface area contributed by atoms with Crippen LogP contribution in [0, 0.1) is 0 Å². The smallest absolute Gasteiger partial charge is 0.259 e. The molecule has 0 saturated carbocycles. The van der Waals surface area contributed by atoms with Crippen molar-refractivity contribution in [2.45, 2.75) is 20.3 Å². The highest BCUT2D eigenvalue weighted by atomic mass is 79.9. The topological polar surface area (TPSA) is 53.5 Å². The van der Waals surface area contributed by atoms with Crippen LogP contribution in [0.15, 0.2) is 27.8 Å². The van der Waals surface area contributed by atoms with Crippen molar-refractivity contribution < 1.29 is 4.79 Å². The lowest BCUT2D eigenvalue weighted by atomic mass is 10.3. The van der Waals surface area contributed by atoms with Gasteiger partial charge in [-0.1, -0.05) is 18.5 Å². The van der Waals surface area contributed by atoms with Gasteiger partial charge in [0.15, 0.2) is 0 Å². The highest BCUT2D eigenvalue weighted by molar-refractivity contribution is 9.10. The van der Waals surface area contributed by atoms with Gasteiger partial charge in [0.05, 0.1) is 6.54 Å². The van der Waals surface area contributed by atoms with Gasteiger partial charge in [0, 0.05) is 20.9 Å². The molecule has 0 aliphatic rings. The first kappa shape index (κ1) is 15.0. The maximum atomic E-state index is 11.5. The zero-order chi connectivity index (χ0) is 13.5. The summed E-state index contributed by atoms with van der Waals surface area (Å²) in [6, 6.07) is 5.33. The molecule has 1 amide bonds. The molecule has 0 fully saturated rings. The molecule has 0 aliphatic heterocycles. The van der Waals surface area contributed by atoms with E-state index in [9.17, 15) is 4.79 Å². The molecular weight excluding hydrogens is 318 g/mol. The summed E-state index contributed by atoms with van der Waals surface area (Å²) in [5.74, 6) is -0.190. The Bertz CT molecular complexity index is 463. The Labute approximate surface area is 120 Å². The van der Waals surface area contributed by atoms with E-state index in [0.717, 1.165) is 22.3 Å². The van der Waals surface area contributed by atoms with Crippen LogP contribution in [-0.4, -0.2) is 18.2 Å². The zero-order valence-electron chi connectivity index (χ0n) is 10.3. The van der Waals surface area contributed by atoms with E-state index < -0.39 is 0 Å². The van der Waals surface area contributed by atoms with E-state index in [2.05, 4.69) is 31.8 Å². The molecule has 0 radical (unpaired) electrons. The van der Waals surface area contributed by atoms with Gasteiger partial charge in [0.1, 0.15) is 0 Å². The number of rotatable bonds is 5. The van der Waals surface area contributed by atoms with Crippen LogP contribution < -0.4 is 10.7 Å². The molecule has 18 heavy (non-hydrogen) atoms. The summed E-state index contributed by atoms with van der Waals surface area (Å²) in [6.07, 6.45) is 0.816. The minimum atomic E-state index is -0.190. The maximum absolute atomic E-state index is 11.5. The second-order valence-corrected chi connectivity index (χ2v) is 5.00. The van der Waals surface area contributed by atoms with Gasteiger partial charge < -0.3 is 5.32 Å². The van der Waals surface area contributed by atoms with Crippen LogP contribution in [0.3, 0.4) is 0 Å². The monoisotopic (exact) mass is 331 g/mol. The number of amides is 1. The van der Waals surface area contributed by atoms with Crippen molar-refractivity contribution in [3.63, 3.8) is 0 Å². The van der Waals surface area contributed by atoms with Crippen molar-refractivity contribution >= 4 is 44.8 Å². The van der Waals surface area contributed by atoms with Gasteiger partial charge >= 0.3 is 0 Å². The van der Waals surface area contributed by atoms with Gasteiger partial charge in [0.25, 0.3) is 5.91 Å². The van der Waals surface area contributed by atoms with Gasteiger partial charge in [-0.2, -0.15) is 5.10 Å². The van der Waals surface area contributed by atoms with E-state index in [1.165, 1.54) is 0 Å². The quantitative estimate of drug-likeness (QED) is 0.641. The standard InChI is InChI=1S/C12H15BrClN3O/c1-3-8(2)16-17-12(18)7-15-11-5-4-9(14)6-10(11)13/h4-6,15H,3,7H2,1-2H3,(H,17,18)/b16-8+. The minimum Gasteiger partial charge on any atom is -0.375 e. The average molecular weight is 333 g/mol. The number of anilines is 1. The summed E-state index contributed by atoms with van der Waals surface area (Å²) in [5, 5.41) is 7.57. The molecule has 0 aliphatic carbocycles. The fraction of sp³-hybridized carbons (Fsp3) is 0.333. The number of nitrogens with one attached hydrogen (secondary N) is 2. The second kappa shape index (κ2) is 7.38. The first-order valence-electron chi connectivity index (χ1n) is 5.54. The van der Waals surface area contributed by atoms with Gasteiger partial charge in [-0.15, -0.1) is 0 Å². The van der Waals surface area contributed by atoms with Crippen LogP contribution in [0.4, 0.5) is 5.69 Å². The van der Waals surface area contributed by atoms with Crippen LogP contribution in [0.1, 0.15) is 20.3 Å². The van der Waals surface area contributed by atoms with E-state index in [-0.39, 0.29) is 12.5 Å². The van der Waals surface area contributed by atoms with E-state index in [1.807, 2.05) is 13.8 Å². The average Bonchev–Trinajstić information content (AvgIpc) is 2.34. The molecule has 0 spiro atoms. The zero-order valence-corrected chi connectivity index (χ0v) is 12.6. The molecule has 4 nitrogen and oxygen atoms in total. The highest BCUT2D eigenvalue weighted by Gasteiger charge is 2.03. The first-order chi connectivity index (χ1) is 8.52. The maximum Gasteiger partial charge on any atom is 0.259 e. The lowest BCUT2D eigenvalue weighted by Gasteiger charge is -2.08. The molecule has 0 aromatic heterocycles. The Kier molecular flexibility index (Phi) is 6.15. The molecule has 0 atom stereocenters. The fourth-order valence-electron chi connectivity index (χ4n) is 1.08. The lowest BCUT2D eigenvalue weighted by molar-refractivity contribution is -0.119. The molecule has 0 heterocycles. The van der Waals surface area contributed by atoms with Crippen molar-refractivity contribution in [1.82, 2.24) is 5.43 Å². The van der Waals surface area contributed by atoms with Gasteiger partial charge in [-0.3, -0.25) is 4.79 Å². The molecule has 1 aromatic rings. The number of nitrogens with zero attached hydrogens (tertiary/aromatic N) is 1. The van der Waals surface area contributed by atoms with Crippen molar-refractivity contribution in [2.75, 3.05) is 11.9 Å². The highest BCUT2D eigenvalue weighted by Crippen LogP contribution is 2.25. The number of carbonyl (C=O) groups is 1. The third-order valence-corrected chi connectivity index (χ3v) is 3.14. The fourth-order valence-corrected chi connectivity index (χ4v) is 1.91. The van der Waals surface area contributed by atoms with Crippen LogP contribution in [0.2, 0.25) is 5.02 Å². The third-order valence-electron chi connectivity index (χ3n) is 2.25. The van der Waals surface area contributed by atoms with Crippen molar-refractivity contribution in [1.29, 1.82) is 0 Å². The summed E-state index contributed by atoms with van der Waals surface area (Å²) >= 11 is 9.19. The van der Waals surface area contributed by atoms with E-state index in [0.29, 0.717) is 5.02 Å². The van der Waals surface area contributed by atoms with E-state index in [4.69, 9.17) is 11.6 Å². The summed E-state index contributed by atoms with van der Waals surface area (Å²) in [6.45, 7) is 4.00. The number of halogens is 2. The predicted octanol–water partition coefficient (Wildman–Crippen LogP) is 3.42.